The molecular weight excluding hydrogens is 252 g/mol. The summed E-state index contributed by atoms with van der Waals surface area (Å²) in [6.07, 6.45) is 2.14. The van der Waals surface area contributed by atoms with Crippen LogP contribution in [0.3, 0.4) is 0 Å². The van der Waals surface area contributed by atoms with E-state index in [4.69, 9.17) is 0 Å². The van der Waals surface area contributed by atoms with Crippen molar-refractivity contribution in [3.8, 4) is 0 Å². The van der Waals surface area contributed by atoms with Crippen molar-refractivity contribution in [3.05, 3.63) is 35.9 Å². The fourth-order valence-corrected chi connectivity index (χ4v) is 2.64. The zero-order valence-corrected chi connectivity index (χ0v) is 12.2. The predicted octanol–water partition coefficient (Wildman–Crippen LogP) is 2.22. The van der Waals surface area contributed by atoms with Gasteiger partial charge in [0.15, 0.2) is 0 Å². The van der Waals surface area contributed by atoms with Crippen LogP contribution in [0, 0.1) is 0 Å². The lowest BCUT2D eigenvalue weighted by molar-refractivity contribution is -0.140. The van der Waals surface area contributed by atoms with Crippen molar-refractivity contribution < 1.29 is 9.59 Å². The van der Waals surface area contributed by atoms with E-state index in [-0.39, 0.29) is 24.4 Å². The van der Waals surface area contributed by atoms with Crippen molar-refractivity contribution in [2.45, 2.75) is 32.7 Å². The van der Waals surface area contributed by atoms with Gasteiger partial charge in [-0.3, -0.25) is 9.59 Å². The average molecular weight is 274 g/mol. The highest BCUT2D eigenvalue weighted by atomic mass is 16.2. The summed E-state index contributed by atoms with van der Waals surface area (Å²) in [6, 6.07) is 9.74. The second-order valence-electron chi connectivity index (χ2n) is 5.32. The summed E-state index contributed by atoms with van der Waals surface area (Å²) in [5.41, 5.74) is 1.05. The minimum absolute atomic E-state index is 0.0560. The Morgan fingerprint density at radius 3 is 2.35 bits per heavy atom. The number of carbonyl (C=O) groups excluding carboxylic acids is 2. The highest BCUT2D eigenvalue weighted by molar-refractivity contribution is 5.84. The Balaban J connectivity index is 2.07. The molecular formula is C16H22N2O2. The third-order valence-corrected chi connectivity index (χ3v) is 3.92. The number of carbonyl (C=O) groups is 2. The van der Waals surface area contributed by atoms with Gasteiger partial charge in [-0.25, -0.2) is 0 Å². The first-order valence-electron chi connectivity index (χ1n) is 7.19. The van der Waals surface area contributed by atoms with E-state index in [1.165, 1.54) is 6.92 Å². The molecule has 0 aliphatic carbocycles. The maximum atomic E-state index is 12.2. The summed E-state index contributed by atoms with van der Waals surface area (Å²) in [5.74, 6) is -0.00520. The summed E-state index contributed by atoms with van der Waals surface area (Å²) in [5, 5.41) is 0. The fraction of sp³-hybridized carbons (Fsp3) is 0.500. The molecule has 1 aromatic carbocycles. The van der Waals surface area contributed by atoms with E-state index < -0.39 is 0 Å². The summed E-state index contributed by atoms with van der Waals surface area (Å²) >= 11 is 0. The zero-order valence-electron chi connectivity index (χ0n) is 12.2. The van der Waals surface area contributed by atoms with Gasteiger partial charge in [0.05, 0.1) is 6.04 Å². The molecule has 0 spiro atoms. The van der Waals surface area contributed by atoms with Crippen molar-refractivity contribution in [1.82, 2.24) is 9.80 Å². The largest absolute Gasteiger partial charge is 0.341 e. The van der Waals surface area contributed by atoms with Crippen molar-refractivity contribution in [2.24, 2.45) is 0 Å². The number of amides is 2. The Labute approximate surface area is 120 Å². The second-order valence-corrected chi connectivity index (χ2v) is 5.32. The molecule has 1 aromatic rings. The van der Waals surface area contributed by atoms with Gasteiger partial charge in [0.2, 0.25) is 11.8 Å². The van der Waals surface area contributed by atoms with Crippen LogP contribution < -0.4 is 0 Å². The number of nitrogens with zero attached hydrogens (tertiary/aromatic N) is 2. The van der Waals surface area contributed by atoms with Gasteiger partial charge in [-0.1, -0.05) is 30.3 Å². The van der Waals surface area contributed by atoms with Gasteiger partial charge >= 0.3 is 0 Å². The lowest BCUT2D eigenvalue weighted by atomic mass is 10.1. The van der Waals surface area contributed by atoms with E-state index in [2.05, 4.69) is 0 Å². The molecule has 1 fully saturated rings. The molecule has 0 bridgehead atoms. The zero-order chi connectivity index (χ0) is 14.5. The number of likely N-dealkylation sites (tertiary alicyclic amines) is 1. The van der Waals surface area contributed by atoms with Gasteiger partial charge in [0, 0.05) is 20.0 Å². The Bertz CT molecular complexity index is 467. The van der Waals surface area contributed by atoms with Gasteiger partial charge < -0.3 is 9.80 Å². The van der Waals surface area contributed by atoms with Crippen LogP contribution in [0.15, 0.2) is 30.3 Å². The van der Waals surface area contributed by atoms with Crippen LogP contribution in [-0.4, -0.2) is 41.2 Å². The Hall–Kier alpha value is -1.84. The minimum Gasteiger partial charge on any atom is -0.341 e. The molecule has 0 N–H and O–H groups in total. The highest BCUT2D eigenvalue weighted by Crippen LogP contribution is 2.20. The average Bonchev–Trinajstić information content (AvgIpc) is 2.98. The standard InChI is InChI=1S/C16H22N2O2/c1-13(15-8-4-3-5-9-15)18(14(2)19)12-16(20)17-10-6-7-11-17/h3-5,8-9,13H,6-7,10-12H2,1-2H3. The number of hydrogen-bond acceptors (Lipinski definition) is 2. The van der Waals surface area contributed by atoms with E-state index in [1.54, 1.807) is 4.90 Å². The van der Waals surface area contributed by atoms with Gasteiger partial charge in [0.25, 0.3) is 0 Å². The van der Waals surface area contributed by atoms with Crippen LogP contribution in [0.5, 0.6) is 0 Å². The molecule has 2 rings (SSSR count). The first-order valence-corrected chi connectivity index (χ1v) is 7.19. The molecule has 20 heavy (non-hydrogen) atoms. The molecule has 4 nitrogen and oxygen atoms in total. The van der Waals surface area contributed by atoms with Crippen LogP contribution in [0.4, 0.5) is 0 Å². The summed E-state index contributed by atoms with van der Waals surface area (Å²) in [7, 11) is 0. The Morgan fingerprint density at radius 2 is 1.80 bits per heavy atom. The Morgan fingerprint density at radius 1 is 1.20 bits per heavy atom. The summed E-state index contributed by atoms with van der Waals surface area (Å²) in [6.45, 7) is 5.31. The quantitative estimate of drug-likeness (QED) is 0.844. The maximum absolute atomic E-state index is 12.2. The number of hydrogen-bond donors (Lipinski definition) is 0. The molecule has 1 aliphatic heterocycles. The Kier molecular flexibility index (Phi) is 4.77. The SMILES string of the molecule is CC(=O)N(CC(=O)N1CCCC1)C(C)c1ccccc1. The molecule has 0 aromatic heterocycles. The lowest BCUT2D eigenvalue weighted by Gasteiger charge is -2.29. The van der Waals surface area contributed by atoms with Crippen LogP contribution in [0.25, 0.3) is 0 Å². The van der Waals surface area contributed by atoms with E-state index in [0.29, 0.717) is 0 Å². The normalized spacial score (nSPS) is 16.0. The van der Waals surface area contributed by atoms with E-state index in [1.807, 2.05) is 42.2 Å². The van der Waals surface area contributed by atoms with Crippen molar-refractivity contribution in [2.75, 3.05) is 19.6 Å². The predicted molar refractivity (Wildman–Crippen MR) is 78.1 cm³/mol. The second kappa shape index (κ2) is 6.55. The van der Waals surface area contributed by atoms with Crippen molar-refractivity contribution in [3.63, 3.8) is 0 Å². The van der Waals surface area contributed by atoms with Crippen LogP contribution in [0.2, 0.25) is 0 Å². The van der Waals surface area contributed by atoms with Crippen molar-refractivity contribution in [1.29, 1.82) is 0 Å². The minimum atomic E-state index is -0.0831. The number of rotatable bonds is 4. The third kappa shape index (κ3) is 3.38. The molecule has 0 radical (unpaired) electrons. The van der Waals surface area contributed by atoms with E-state index in [9.17, 15) is 9.59 Å². The summed E-state index contributed by atoms with van der Waals surface area (Å²) < 4.78 is 0. The highest BCUT2D eigenvalue weighted by Gasteiger charge is 2.25. The monoisotopic (exact) mass is 274 g/mol. The summed E-state index contributed by atoms with van der Waals surface area (Å²) in [4.78, 5) is 27.6. The van der Waals surface area contributed by atoms with Crippen LogP contribution >= 0.6 is 0 Å². The first-order chi connectivity index (χ1) is 9.59. The molecule has 1 saturated heterocycles. The maximum Gasteiger partial charge on any atom is 0.242 e. The molecule has 1 atom stereocenters. The number of benzene rings is 1. The molecule has 108 valence electrons. The van der Waals surface area contributed by atoms with E-state index >= 15 is 0 Å². The molecule has 1 aliphatic rings. The van der Waals surface area contributed by atoms with E-state index in [0.717, 1.165) is 31.5 Å². The first kappa shape index (κ1) is 14.6. The molecule has 0 saturated carbocycles. The van der Waals surface area contributed by atoms with Gasteiger partial charge in [-0.2, -0.15) is 0 Å². The van der Waals surface area contributed by atoms with Crippen LogP contribution in [0.1, 0.15) is 38.3 Å². The van der Waals surface area contributed by atoms with Gasteiger partial charge in [-0.05, 0) is 25.3 Å². The third-order valence-electron chi connectivity index (χ3n) is 3.92. The van der Waals surface area contributed by atoms with Gasteiger partial charge in [-0.15, -0.1) is 0 Å². The lowest BCUT2D eigenvalue weighted by Crippen LogP contribution is -2.42. The molecule has 1 heterocycles. The topological polar surface area (TPSA) is 40.6 Å². The molecule has 4 heteroatoms. The molecule has 2 amide bonds. The van der Waals surface area contributed by atoms with Crippen molar-refractivity contribution >= 4 is 11.8 Å². The van der Waals surface area contributed by atoms with Crippen LogP contribution in [-0.2, 0) is 9.59 Å². The molecule has 1 unspecified atom stereocenters. The fourth-order valence-electron chi connectivity index (χ4n) is 2.64. The van der Waals surface area contributed by atoms with Gasteiger partial charge in [0.1, 0.15) is 6.54 Å². The smallest absolute Gasteiger partial charge is 0.242 e.